The lowest BCUT2D eigenvalue weighted by molar-refractivity contribution is -0.134. The number of hydrogen-bond acceptors (Lipinski definition) is 4. The van der Waals surface area contributed by atoms with Crippen LogP contribution >= 0.6 is 0 Å². The highest BCUT2D eigenvalue weighted by Crippen LogP contribution is 2.14. The van der Waals surface area contributed by atoms with Crippen LogP contribution in [-0.4, -0.2) is 11.1 Å². The summed E-state index contributed by atoms with van der Waals surface area (Å²) < 4.78 is 5.21. The van der Waals surface area contributed by atoms with Crippen LogP contribution in [0.25, 0.3) is 0 Å². The quantitative estimate of drug-likeness (QED) is 0.257. The van der Waals surface area contributed by atoms with E-state index in [0.29, 0.717) is 6.42 Å². The molecule has 1 aromatic carbocycles. The zero-order valence-corrected chi connectivity index (χ0v) is 17.6. The summed E-state index contributed by atoms with van der Waals surface area (Å²) in [4.78, 5) is 23.1. The molecule has 1 aromatic rings. The first-order valence-electron chi connectivity index (χ1n) is 11.2. The molecule has 0 fully saturated rings. The Kier molecular flexibility index (Phi) is 14.0. The number of rotatable bonds is 16. The van der Waals surface area contributed by atoms with Crippen molar-refractivity contribution in [3.05, 3.63) is 34.5 Å². The van der Waals surface area contributed by atoms with E-state index in [1.165, 1.54) is 94.9 Å². The number of carbonyl (C=O) groups excluding carboxylic acids is 1. The molecule has 158 valence electrons. The molecule has 4 nitrogen and oxygen atoms in total. The van der Waals surface area contributed by atoms with Gasteiger partial charge in [-0.3, -0.25) is 9.59 Å². The molecule has 0 unspecified atom stereocenters. The Morgan fingerprint density at radius 2 is 1.21 bits per heavy atom. The van der Waals surface area contributed by atoms with Crippen molar-refractivity contribution in [2.75, 3.05) is 0 Å². The number of esters is 1. The summed E-state index contributed by atoms with van der Waals surface area (Å²) in [6, 6.07) is 5.28. The Bertz CT molecular complexity index is 597. The summed E-state index contributed by atoms with van der Waals surface area (Å²) in [5.41, 5.74) is -0.491. The summed E-state index contributed by atoms with van der Waals surface area (Å²) in [7, 11) is 0. The van der Waals surface area contributed by atoms with Gasteiger partial charge < -0.3 is 9.84 Å². The SMILES string of the molecule is CCCCCCCCCCCCCCCCC(=O)Oc1ccc(O)c(=O)cc1. The maximum atomic E-state index is 11.8. The topological polar surface area (TPSA) is 63.6 Å². The van der Waals surface area contributed by atoms with Gasteiger partial charge in [0.25, 0.3) is 0 Å². The number of carbonyl (C=O) groups is 1. The fraction of sp³-hybridized carbons (Fsp3) is 0.667. The zero-order valence-electron chi connectivity index (χ0n) is 17.6. The highest BCUT2D eigenvalue weighted by atomic mass is 16.5. The van der Waals surface area contributed by atoms with Gasteiger partial charge in [0.15, 0.2) is 5.75 Å². The Morgan fingerprint density at radius 1 is 0.750 bits per heavy atom. The second-order valence-electron chi connectivity index (χ2n) is 7.64. The van der Waals surface area contributed by atoms with E-state index in [1.807, 2.05) is 0 Å². The van der Waals surface area contributed by atoms with Gasteiger partial charge in [0.05, 0.1) is 0 Å². The first kappa shape index (κ1) is 24.2. The molecule has 0 heterocycles. The van der Waals surface area contributed by atoms with Crippen molar-refractivity contribution in [3.8, 4) is 11.5 Å². The van der Waals surface area contributed by atoms with Crippen LogP contribution in [0.15, 0.2) is 29.1 Å². The molecule has 4 heteroatoms. The van der Waals surface area contributed by atoms with Crippen molar-refractivity contribution >= 4 is 5.97 Å². The zero-order chi connectivity index (χ0) is 20.5. The standard InChI is InChI=1S/C24H38O4/c1-2-3-4-5-6-7-8-9-10-11-12-13-14-15-16-24(27)28-21-17-19-22(25)23(26)20-18-21/h17-20H,2-16H2,1H3,(H,25,26). The summed E-state index contributed by atoms with van der Waals surface area (Å²) in [5, 5.41) is 9.33. The molecule has 1 rings (SSSR count). The van der Waals surface area contributed by atoms with Gasteiger partial charge in [-0.15, -0.1) is 0 Å². The smallest absolute Gasteiger partial charge is 0.311 e. The van der Waals surface area contributed by atoms with Crippen LogP contribution in [-0.2, 0) is 4.79 Å². The number of hydrogen-bond donors (Lipinski definition) is 1. The lowest BCUT2D eigenvalue weighted by Gasteiger charge is -2.04. The third kappa shape index (κ3) is 12.5. The fourth-order valence-electron chi connectivity index (χ4n) is 3.26. The fourth-order valence-corrected chi connectivity index (χ4v) is 3.26. The minimum atomic E-state index is -0.491. The Hall–Kier alpha value is -1.84. The van der Waals surface area contributed by atoms with Crippen molar-refractivity contribution in [1.82, 2.24) is 0 Å². The van der Waals surface area contributed by atoms with Crippen molar-refractivity contribution < 1.29 is 14.6 Å². The van der Waals surface area contributed by atoms with E-state index in [2.05, 4.69) is 6.92 Å². The van der Waals surface area contributed by atoms with Gasteiger partial charge >= 0.3 is 5.97 Å². The summed E-state index contributed by atoms with van der Waals surface area (Å²) in [6.45, 7) is 2.26. The van der Waals surface area contributed by atoms with Crippen LogP contribution in [0, 0.1) is 0 Å². The molecule has 0 radical (unpaired) electrons. The van der Waals surface area contributed by atoms with E-state index in [0.717, 1.165) is 19.3 Å². The van der Waals surface area contributed by atoms with E-state index in [4.69, 9.17) is 4.74 Å². The first-order valence-corrected chi connectivity index (χ1v) is 11.2. The average Bonchev–Trinajstić information content (AvgIpc) is 2.84. The summed E-state index contributed by atoms with van der Waals surface area (Å²) >= 11 is 0. The van der Waals surface area contributed by atoms with Gasteiger partial charge in [-0.2, -0.15) is 0 Å². The molecule has 0 aliphatic heterocycles. The van der Waals surface area contributed by atoms with Gasteiger partial charge in [-0.1, -0.05) is 90.4 Å². The van der Waals surface area contributed by atoms with Gasteiger partial charge in [-0.05, 0) is 30.7 Å². The van der Waals surface area contributed by atoms with Crippen molar-refractivity contribution in [2.24, 2.45) is 0 Å². The average molecular weight is 391 g/mol. The second kappa shape index (κ2) is 16.1. The lowest BCUT2D eigenvalue weighted by atomic mass is 10.0. The molecular weight excluding hydrogens is 352 g/mol. The highest BCUT2D eigenvalue weighted by Gasteiger charge is 2.05. The van der Waals surface area contributed by atoms with Crippen LogP contribution in [0.4, 0.5) is 0 Å². The van der Waals surface area contributed by atoms with Crippen LogP contribution in [0.2, 0.25) is 0 Å². The third-order valence-electron chi connectivity index (χ3n) is 5.02. The minimum Gasteiger partial charge on any atom is -0.504 e. The van der Waals surface area contributed by atoms with Crippen LogP contribution in [0.1, 0.15) is 103 Å². The molecule has 0 saturated carbocycles. The van der Waals surface area contributed by atoms with Crippen molar-refractivity contribution in [2.45, 2.75) is 103 Å². The Balaban J connectivity index is 1.94. The summed E-state index contributed by atoms with van der Waals surface area (Å²) in [6.07, 6.45) is 18.3. The molecule has 0 aliphatic carbocycles. The monoisotopic (exact) mass is 390 g/mol. The molecule has 0 atom stereocenters. The first-order chi connectivity index (χ1) is 13.6. The molecule has 0 amide bonds. The molecule has 0 spiro atoms. The second-order valence-corrected chi connectivity index (χ2v) is 7.64. The molecule has 0 bridgehead atoms. The van der Waals surface area contributed by atoms with E-state index in [9.17, 15) is 14.7 Å². The molecule has 28 heavy (non-hydrogen) atoms. The summed E-state index contributed by atoms with van der Waals surface area (Å²) in [5.74, 6) is -0.362. The Labute approximate surface area is 170 Å². The van der Waals surface area contributed by atoms with E-state index < -0.39 is 5.43 Å². The normalized spacial score (nSPS) is 10.8. The van der Waals surface area contributed by atoms with Crippen molar-refractivity contribution in [3.63, 3.8) is 0 Å². The molecule has 0 aromatic heterocycles. The van der Waals surface area contributed by atoms with E-state index in [-0.39, 0.29) is 17.5 Å². The number of ether oxygens (including phenoxy) is 1. The van der Waals surface area contributed by atoms with Crippen LogP contribution < -0.4 is 10.2 Å². The van der Waals surface area contributed by atoms with Gasteiger partial charge in [0, 0.05) is 6.42 Å². The largest absolute Gasteiger partial charge is 0.504 e. The highest BCUT2D eigenvalue weighted by molar-refractivity contribution is 5.72. The molecular formula is C24H38O4. The predicted molar refractivity (Wildman–Crippen MR) is 115 cm³/mol. The van der Waals surface area contributed by atoms with E-state index >= 15 is 0 Å². The molecule has 0 saturated heterocycles. The number of aromatic hydroxyl groups is 1. The number of unbranched alkanes of at least 4 members (excludes halogenated alkanes) is 13. The van der Waals surface area contributed by atoms with Gasteiger partial charge in [0.1, 0.15) is 5.75 Å². The lowest BCUT2D eigenvalue weighted by Crippen LogP contribution is -2.07. The molecule has 1 N–H and O–H groups in total. The predicted octanol–water partition coefficient (Wildman–Crippen LogP) is 6.53. The Morgan fingerprint density at radius 3 is 1.75 bits per heavy atom. The van der Waals surface area contributed by atoms with Gasteiger partial charge in [0.2, 0.25) is 5.43 Å². The molecule has 0 aliphatic rings. The van der Waals surface area contributed by atoms with Crippen LogP contribution in [0.5, 0.6) is 11.5 Å². The maximum Gasteiger partial charge on any atom is 0.311 e. The van der Waals surface area contributed by atoms with E-state index in [1.54, 1.807) is 0 Å². The third-order valence-corrected chi connectivity index (χ3v) is 5.02. The van der Waals surface area contributed by atoms with Crippen LogP contribution in [0.3, 0.4) is 0 Å². The van der Waals surface area contributed by atoms with Gasteiger partial charge in [-0.25, -0.2) is 0 Å². The van der Waals surface area contributed by atoms with Crippen molar-refractivity contribution in [1.29, 1.82) is 0 Å². The maximum absolute atomic E-state index is 11.8. The minimum absolute atomic E-state index is 0.285.